The third-order valence-electron chi connectivity index (χ3n) is 3.76. The summed E-state index contributed by atoms with van der Waals surface area (Å²) in [6, 6.07) is 12.6. The Kier molecular flexibility index (Phi) is 4.13. The number of anilines is 1. The zero-order valence-electron chi connectivity index (χ0n) is 13.6. The smallest absolute Gasteiger partial charge is 0.270 e. The molecule has 0 unspecified atom stereocenters. The third-order valence-corrected chi connectivity index (χ3v) is 5.27. The van der Waals surface area contributed by atoms with Crippen molar-refractivity contribution in [3.05, 3.63) is 69.9 Å². The summed E-state index contributed by atoms with van der Waals surface area (Å²) in [5.41, 5.74) is 1.85. The van der Waals surface area contributed by atoms with Crippen LogP contribution in [0.5, 0.6) is 0 Å². The second-order valence-corrected chi connectivity index (χ2v) is 7.29. The Labute approximate surface area is 144 Å². The van der Waals surface area contributed by atoms with Crippen LogP contribution in [0.25, 0.3) is 10.9 Å². The largest absolute Gasteiger partial charge is 0.279 e. The number of para-hydroxylation sites is 1. The highest BCUT2D eigenvalue weighted by Gasteiger charge is 2.21. The van der Waals surface area contributed by atoms with E-state index in [4.69, 9.17) is 0 Å². The number of hydrogen-bond acceptors (Lipinski definition) is 5. The van der Waals surface area contributed by atoms with Gasteiger partial charge in [0.2, 0.25) is 0 Å². The lowest BCUT2D eigenvalue weighted by Gasteiger charge is -2.13. The van der Waals surface area contributed by atoms with Crippen molar-refractivity contribution in [3.8, 4) is 0 Å². The van der Waals surface area contributed by atoms with Crippen LogP contribution in [0.4, 0.5) is 11.4 Å². The van der Waals surface area contributed by atoms with Crippen LogP contribution < -0.4 is 4.72 Å². The number of rotatable bonds is 4. The summed E-state index contributed by atoms with van der Waals surface area (Å²) in [6.45, 7) is 3.36. The van der Waals surface area contributed by atoms with Crippen LogP contribution in [0.3, 0.4) is 0 Å². The molecule has 0 fully saturated rings. The van der Waals surface area contributed by atoms with Gasteiger partial charge < -0.3 is 0 Å². The van der Waals surface area contributed by atoms with Gasteiger partial charge >= 0.3 is 0 Å². The third kappa shape index (κ3) is 3.29. The summed E-state index contributed by atoms with van der Waals surface area (Å²) < 4.78 is 28.1. The number of nitrogens with zero attached hydrogens (tertiary/aromatic N) is 2. The fourth-order valence-corrected chi connectivity index (χ4v) is 3.92. The van der Waals surface area contributed by atoms with E-state index in [0.717, 1.165) is 6.07 Å². The first kappa shape index (κ1) is 16.8. The number of nitro groups is 1. The number of pyridine rings is 1. The van der Waals surface area contributed by atoms with Crippen LogP contribution in [-0.2, 0) is 10.0 Å². The van der Waals surface area contributed by atoms with Crippen molar-refractivity contribution in [1.29, 1.82) is 0 Å². The predicted molar refractivity (Wildman–Crippen MR) is 95.1 cm³/mol. The molecule has 0 saturated heterocycles. The van der Waals surface area contributed by atoms with Gasteiger partial charge in [0.1, 0.15) is 0 Å². The Balaban J connectivity index is 2.12. The lowest BCUT2D eigenvalue weighted by molar-refractivity contribution is -0.385. The Bertz CT molecular complexity index is 1090. The van der Waals surface area contributed by atoms with Gasteiger partial charge in [-0.1, -0.05) is 24.3 Å². The fourth-order valence-electron chi connectivity index (χ4n) is 2.58. The summed E-state index contributed by atoms with van der Waals surface area (Å²) in [7, 11) is -3.99. The minimum Gasteiger partial charge on any atom is -0.279 e. The van der Waals surface area contributed by atoms with E-state index in [0.29, 0.717) is 27.8 Å². The first-order valence-corrected chi connectivity index (χ1v) is 8.90. The number of benzene rings is 2. The summed E-state index contributed by atoms with van der Waals surface area (Å²) in [5, 5.41) is 11.6. The van der Waals surface area contributed by atoms with Crippen LogP contribution >= 0.6 is 0 Å². The standard InChI is InChI=1S/C17H15N3O4S/c1-11-7-8-13(20(21)22)10-17(11)25(23,24)19-16-9-12(2)18-15-6-4-3-5-14(15)16/h3-10H,1-2H3,(H,18,19). The highest BCUT2D eigenvalue weighted by molar-refractivity contribution is 7.92. The summed E-state index contributed by atoms with van der Waals surface area (Å²) in [4.78, 5) is 14.6. The van der Waals surface area contributed by atoms with Crippen molar-refractivity contribution in [1.82, 2.24) is 4.98 Å². The summed E-state index contributed by atoms with van der Waals surface area (Å²) in [6.07, 6.45) is 0. The molecule has 0 radical (unpaired) electrons. The van der Waals surface area contributed by atoms with Gasteiger partial charge in [-0.15, -0.1) is 0 Å². The Morgan fingerprint density at radius 2 is 1.80 bits per heavy atom. The molecule has 0 aliphatic carbocycles. The molecule has 25 heavy (non-hydrogen) atoms. The number of non-ortho nitro benzene ring substituents is 1. The van der Waals surface area contributed by atoms with Gasteiger partial charge in [-0.25, -0.2) is 8.42 Å². The molecule has 0 bridgehead atoms. The summed E-state index contributed by atoms with van der Waals surface area (Å²) >= 11 is 0. The highest BCUT2D eigenvalue weighted by Crippen LogP contribution is 2.28. The van der Waals surface area contributed by atoms with E-state index in [1.807, 2.05) is 6.07 Å². The van der Waals surface area contributed by atoms with E-state index in [1.54, 1.807) is 38.1 Å². The van der Waals surface area contributed by atoms with Gasteiger partial charge in [0, 0.05) is 23.2 Å². The maximum atomic E-state index is 12.8. The molecule has 1 N–H and O–H groups in total. The molecule has 0 saturated carbocycles. The van der Waals surface area contributed by atoms with E-state index >= 15 is 0 Å². The van der Waals surface area contributed by atoms with Crippen molar-refractivity contribution >= 4 is 32.3 Å². The Hall–Kier alpha value is -3.00. The zero-order valence-corrected chi connectivity index (χ0v) is 14.4. The molecule has 1 aromatic heterocycles. The molecule has 2 aromatic carbocycles. The minimum atomic E-state index is -3.99. The molecular formula is C17H15N3O4S. The van der Waals surface area contributed by atoms with E-state index in [-0.39, 0.29) is 10.6 Å². The minimum absolute atomic E-state index is 0.125. The average molecular weight is 357 g/mol. The first-order chi connectivity index (χ1) is 11.8. The number of aromatic nitrogens is 1. The van der Waals surface area contributed by atoms with Crippen LogP contribution in [0, 0.1) is 24.0 Å². The normalized spacial score (nSPS) is 11.4. The quantitative estimate of drug-likeness (QED) is 0.568. The maximum absolute atomic E-state index is 12.8. The van der Waals surface area contributed by atoms with Crippen molar-refractivity contribution in [2.24, 2.45) is 0 Å². The molecule has 3 rings (SSSR count). The van der Waals surface area contributed by atoms with E-state index in [9.17, 15) is 18.5 Å². The first-order valence-electron chi connectivity index (χ1n) is 7.42. The Morgan fingerprint density at radius 3 is 2.52 bits per heavy atom. The lowest BCUT2D eigenvalue weighted by Crippen LogP contribution is -2.15. The number of hydrogen-bond donors (Lipinski definition) is 1. The van der Waals surface area contributed by atoms with E-state index in [2.05, 4.69) is 9.71 Å². The van der Waals surface area contributed by atoms with Gasteiger partial charge in [-0.2, -0.15) is 0 Å². The fraction of sp³-hybridized carbons (Fsp3) is 0.118. The topological polar surface area (TPSA) is 102 Å². The van der Waals surface area contributed by atoms with E-state index in [1.165, 1.54) is 12.1 Å². The van der Waals surface area contributed by atoms with Gasteiger partial charge in [0.05, 0.1) is 21.0 Å². The number of nitro benzene ring substituents is 1. The van der Waals surface area contributed by atoms with Gasteiger partial charge in [0.15, 0.2) is 0 Å². The van der Waals surface area contributed by atoms with E-state index < -0.39 is 14.9 Å². The molecule has 0 amide bonds. The SMILES string of the molecule is Cc1cc(NS(=O)(=O)c2cc([N+](=O)[O-])ccc2C)c2ccccc2n1. The van der Waals surface area contributed by atoms with Crippen molar-refractivity contribution < 1.29 is 13.3 Å². The predicted octanol–water partition coefficient (Wildman–Crippen LogP) is 3.56. The Morgan fingerprint density at radius 1 is 1.08 bits per heavy atom. The van der Waals surface area contributed by atoms with Crippen molar-refractivity contribution in [2.45, 2.75) is 18.7 Å². The lowest BCUT2D eigenvalue weighted by atomic mass is 10.2. The molecule has 7 nitrogen and oxygen atoms in total. The van der Waals surface area contributed by atoms with Crippen molar-refractivity contribution in [2.75, 3.05) is 4.72 Å². The molecule has 0 aliphatic rings. The second kappa shape index (κ2) is 6.14. The van der Waals surface area contributed by atoms with Crippen LogP contribution in [0.1, 0.15) is 11.3 Å². The number of aryl methyl sites for hydroxylation is 2. The summed E-state index contributed by atoms with van der Waals surface area (Å²) in [5.74, 6) is 0. The number of nitrogens with one attached hydrogen (secondary N) is 1. The highest BCUT2D eigenvalue weighted by atomic mass is 32.2. The molecule has 8 heteroatoms. The zero-order chi connectivity index (χ0) is 18.2. The average Bonchev–Trinajstić information content (AvgIpc) is 2.54. The monoisotopic (exact) mass is 357 g/mol. The van der Waals surface area contributed by atoms with Crippen LogP contribution in [0.2, 0.25) is 0 Å². The maximum Gasteiger partial charge on any atom is 0.270 e. The van der Waals surface area contributed by atoms with Crippen molar-refractivity contribution in [3.63, 3.8) is 0 Å². The number of sulfonamides is 1. The van der Waals surface area contributed by atoms with Gasteiger partial charge in [-0.05, 0) is 31.5 Å². The van der Waals surface area contributed by atoms with Crippen LogP contribution in [0.15, 0.2) is 53.4 Å². The molecule has 0 spiro atoms. The second-order valence-electron chi connectivity index (χ2n) is 5.64. The molecule has 3 aromatic rings. The molecule has 0 aliphatic heterocycles. The molecule has 0 atom stereocenters. The van der Waals surface area contributed by atoms with Gasteiger partial charge in [0.25, 0.3) is 15.7 Å². The molecule has 1 heterocycles. The van der Waals surface area contributed by atoms with Crippen LogP contribution in [-0.4, -0.2) is 18.3 Å². The molecule has 128 valence electrons. The van der Waals surface area contributed by atoms with Gasteiger partial charge in [-0.3, -0.25) is 19.8 Å². The number of fused-ring (bicyclic) bond motifs is 1. The molecular weight excluding hydrogens is 342 g/mol.